The van der Waals surface area contributed by atoms with E-state index in [2.05, 4.69) is 37.2 Å². The number of aryl methyl sites for hydroxylation is 1. The van der Waals surface area contributed by atoms with Crippen molar-refractivity contribution in [2.75, 3.05) is 21.2 Å². The van der Waals surface area contributed by atoms with E-state index in [9.17, 15) is 0 Å². The maximum atomic E-state index is 5.78. The van der Waals surface area contributed by atoms with Crippen LogP contribution in [0.25, 0.3) is 0 Å². The molecule has 0 bridgehead atoms. The molecule has 0 amide bonds. The number of benzene rings is 1. The van der Waals surface area contributed by atoms with Gasteiger partial charge in [0, 0.05) is 18.2 Å². The molecule has 0 spiro atoms. The molecule has 17 heavy (non-hydrogen) atoms. The largest absolute Gasteiger partial charge is 0.496 e. The molecule has 2 N–H and O–H groups in total. The molecule has 0 radical (unpaired) electrons. The monoisotopic (exact) mass is 236 g/mol. The fourth-order valence-corrected chi connectivity index (χ4v) is 1.85. The summed E-state index contributed by atoms with van der Waals surface area (Å²) in [6, 6.07) is 6.66. The topological polar surface area (TPSA) is 38.5 Å². The SMILES string of the molecule is COc1ccc(CC[C@H](C)N)cc1CN(C)C. The van der Waals surface area contributed by atoms with Crippen LogP contribution in [-0.2, 0) is 13.0 Å². The van der Waals surface area contributed by atoms with E-state index >= 15 is 0 Å². The molecule has 3 nitrogen and oxygen atoms in total. The number of methoxy groups -OCH3 is 1. The second kappa shape index (κ2) is 6.62. The summed E-state index contributed by atoms with van der Waals surface area (Å²) < 4.78 is 5.38. The predicted octanol–water partition coefficient (Wildman–Crippen LogP) is 2.04. The summed E-state index contributed by atoms with van der Waals surface area (Å²) in [6.07, 6.45) is 2.05. The van der Waals surface area contributed by atoms with E-state index in [1.807, 2.05) is 6.92 Å². The molecule has 0 saturated heterocycles. The Morgan fingerprint density at radius 1 is 1.35 bits per heavy atom. The average Bonchev–Trinajstić information content (AvgIpc) is 2.25. The van der Waals surface area contributed by atoms with Gasteiger partial charge >= 0.3 is 0 Å². The summed E-state index contributed by atoms with van der Waals surface area (Å²) in [5.41, 5.74) is 8.35. The van der Waals surface area contributed by atoms with Gasteiger partial charge in [0.2, 0.25) is 0 Å². The second-order valence-corrected chi connectivity index (χ2v) is 4.90. The number of nitrogens with two attached hydrogens (primary N) is 1. The van der Waals surface area contributed by atoms with E-state index in [4.69, 9.17) is 10.5 Å². The maximum absolute atomic E-state index is 5.78. The van der Waals surface area contributed by atoms with Gasteiger partial charge in [0.25, 0.3) is 0 Å². The van der Waals surface area contributed by atoms with E-state index in [1.54, 1.807) is 7.11 Å². The first-order chi connectivity index (χ1) is 8.02. The van der Waals surface area contributed by atoms with Gasteiger partial charge in [0.1, 0.15) is 5.75 Å². The van der Waals surface area contributed by atoms with E-state index in [-0.39, 0.29) is 6.04 Å². The van der Waals surface area contributed by atoms with Crippen molar-refractivity contribution in [1.29, 1.82) is 0 Å². The highest BCUT2D eigenvalue weighted by atomic mass is 16.5. The minimum atomic E-state index is 0.259. The fourth-order valence-electron chi connectivity index (χ4n) is 1.85. The average molecular weight is 236 g/mol. The molecule has 1 aromatic rings. The van der Waals surface area contributed by atoms with E-state index in [0.29, 0.717) is 0 Å². The molecular formula is C14H24N2O. The Kier molecular flexibility index (Phi) is 5.45. The van der Waals surface area contributed by atoms with Crippen LogP contribution in [0.15, 0.2) is 18.2 Å². The molecule has 0 fully saturated rings. The van der Waals surface area contributed by atoms with Gasteiger partial charge in [0.05, 0.1) is 7.11 Å². The first kappa shape index (κ1) is 14.0. The van der Waals surface area contributed by atoms with Crippen LogP contribution in [0.1, 0.15) is 24.5 Å². The van der Waals surface area contributed by atoms with Crippen LogP contribution in [0.5, 0.6) is 5.75 Å². The maximum Gasteiger partial charge on any atom is 0.123 e. The van der Waals surface area contributed by atoms with Gasteiger partial charge in [-0.15, -0.1) is 0 Å². The zero-order valence-corrected chi connectivity index (χ0v) is 11.4. The molecule has 0 aromatic heterocycles. The lowest BCUT2D eigenvalue weighted by Gasteiger charge is -2.15. The molecule has 96 valence electrons. The van der Waals surface area contributed by atoms with Crippen molar-refractivity contribution in [3.63, 3.8) is 0 Å². The van der Waals surface area contributed by atoms with Gasteiger partial charge in [-0.3, -0.25) is 0 Å². The Labute approximate surface area is 105 Å². The molecule has 0 saturated carbocycles. The Morgan fingerprint density at radius 2 is 2.06 bits per heavy atom. The van der Waals surface area contributed by atoms with Crippen LogP contribution in [0, 0.1) is 0 Å². The molecule has 0 heterocycles. The summed E-state index contributed by atoms with van der Waals surface area (Å²) in [4.78, 5) is 2.15. The third-order valence-corrected chi connectivity index (χ3v) is 2.72. The summed E-state index contributed by atoms with van der Waals surface area (Å²) >= 11 is 0. The molecule has 1 rings (SSSR count). The van der Waals surface area contributed by atoms with Crippen LogP contribution >= 0.6 is 0 Å². The van der Waals surface area contributed by atoms with Gasteiger partial charge in [-0.05, 0) is 45.5 Å². The number of rotatable bonds is 6. The third-order valence-electron chi connectivity index (χ3n) is 2.72. The van der Waals surface area contributed by atoms with Crippen molar-refractivity contribution in [3.05, 3.63) is 29.3 Å². The van der Waals surface area contributed by atoms with Crippen LogP contribution in [0.3, 0.4) is 0 Å². The van der Waals surface area contributed by atoms with E-state index < -0.39 is 0 Å². The Morgan fingerprint density at radius 3 is 2.59 bits per heavy atom. The lowest BCUT2D eigenvalue weighted by atomic mass is 10.0. The highest BCUT2D eigenvalue weighted by Crippen LogP contribution is 2.21. The molecule has 1 aromatic carbocycles. The molecular weight excluding hydrogens is 212 g/mol. The van der Waals surface area contributed by atoms with E-state index in [1.165, 1.54) is 11.1 Å². The summed E-state index contributed by atoms with van der Waals surface area (Å²) in [6.45, 7) is 2.94. The lowest BCUT2D eigenvalue weighted by molar-refractivity contribution is 0.371. The van der Waals surface area contributed by atoms with Crippen molar-refractivity contribution in [2.24, 2.45) is 5.73 Å². The molecule has 0 aliphatic carbocycles. The highest BCUT2D eigenvalue weighted by molar-refractivity contribution is 5.37. The zero-order chi connectivity index (χ0) is 12.8. The van der Waals surface area contributed by atoms with Crippen molar-refractivity contribution in [3.8, 4) is 5.75 Å². The smallest absolute Gasteiger partial charge is 0.123 e. The Bertz CT molecular complexity index is 348. The Balaban J connectivity index is 2.80. The molecule has 0 aliphatic heterocycles. The highest BCUT2D eigenvalue weighted by Gasteiger charge is 2.06. The number of hydrogen-bond donors (Lipinski definition) is 1. The Hall–Kier alpha value is -1.06. The predicted molar refractivity (Wildman–Crippen MR) is 72.4 cm³/mol. The van der Waals surface area contributed by atoms with Gasteiger partial charge in [-0.2, -0.15) is 0 Å². The fraction of sp³-hybridized carbons (Fsp3) is 0.571. The molecule has 3 heteroatoms. The molecule has 1 atom stereocenters. The van der Waals surface area contributed by atoms with Crippen molar-refractivity contribution < 1.29 is 4.74 Å². The third kappa shape index (κ3) is 4.75. The first-order valence-electron chi connectivity index (χ1n) is 6.09. The van der Waals surface area contributed by atoms with Gasteiger partial charge in [-0.25, -0.2) is 0 Å². The summed E-state index contributed by atoms with van der Waals surface area (Å²) in [7, 11) is 5.85. The van der Waals surface area contributed by atoms with Crippen molar-refractivity contribution in [1.82, 2.24) is 4.90 Å². The molecule has 0 unspecified atom stereocenters. The number of nitrogens with zero attached hydrogens (tertiary/aromatic N) is 1. The minimum Gasteiger partial charge on any atom is -0.496 e. The zero-order valence-electron chi connectivity index (χ0n) is 11.4. The quantitative estimate of drug-likeness (QED) is 0.821. The van der Waals surface area contributed by atoms with Crippen LogP contribution in [0.2, 0.25) is 0 Å². The van der Waals surface area contributed by atoms with Crippen molar-refractivity contribution in [2.45, 2.75) is 32.4 Å². The van der Waals surface area contributed by atoms with Crippen LogP contribution < -0.4 is 10.5 Å². The van der Waals surface area contributed by atoms with Gasteiger partial charge < -0.3 is 15.4 Å². The first-order valence-corrected chi connectivity index (χ1v) is 6.09. The van der Waals surface area contributed by atoms with Crippen LogP contribution in [-0.4, -0.2) is 32.1 Å². The van der Waals surface area contributed by atoms with Gasteiger partial charge in [-0.1, -0.05) is 12.1 Å². The lowest BCUT2D eigenvalue weighted by Crippen LogP contribution is -2.15. The summed E-state index contributed by atoms with van der Waals surface area (Å²) in [5, 5.41) is 0. The normalized spacial score (nSPS) is 12.8. The minimum absolute atomic E-state index is 0.259. The second-order valence-electron chi connectivity index (χ2n) is 4.90. The van der Waals surface area contributed by atoms with E-state index in [0.717, 1.165) is 25.1 Å². The number of hydrogen-bond acceptors (Lipinski definition) is 3. The number of ether oxygens (including phenoxy) is 1. The van der Waals surface area contributed by atoms with Crippen molar-refractivity contribution >= 4 is 0 Å². The van der Waals surface area contributed by atoms with Gasteiger partial charge in [0.15, 0.2) is 0 Å². The standard InChI is InChI=1S/C14H24N2O/c1-11(15)5-6-12-7-8-14(17-4)13(9-12)10-16(2)3/h7-9,11H,5-6,10,15H2,1-4H3/t11-/m0/s1. The summed E-state index contributed by atoms with van der Waals surface area (Å²) in [5.74, 6) is 0.961. The molecule has 0 aliphatic rings. The van der Waals surface area contributed by atoms with Crippen LogP contribution in [0.4, 0.5) is 0 Å².